The predicted molar refractivity (Wildman–Crippen MR) is 70.3 cm³/mol. The van der Waals surface area contributed by atoms with E-state index in [1.54, 1.807) is 36.3 Å². The van der Waals surface area contributed by atoms with Gasteiger partial charge in [0.05, 0.1) is 17.4 Å². The topological polar surface area (TPSA) is 82.2 Å². The first-order valence-electron chi connectivity index (χ1n) is 5.61. The number of halogens is 1. The van der Waals surface area contributed by atoms with Crippen molar-refractivity contribution < 1.29 is 9.53 Å². The maximum atomic E-state index is 11.5. The lowest BCUT2D eigenvalue weighted by Crippen LogP contribution is -2.19. The van der Waals surface area contributed by atoms with Crippen LogP contribution in [-0.4, -0.2) is 15.7 Å². The van der Waals surface area contributed by atoms with Crippen molar-refractivity contribution in [2.45, 2.75) is 6.04 Å². The van der Waals surface area contributed by atoms with Crippen LogP contribution in [0.4, 0.5) is 5.69 Å². The monoisotopic (exact) mass is 278 g/mol. The Hall–Kier alpha value is -2.05. The van der Waals surface area contributed by atoms with Gasteiger partial charge in [-0.05, 0) is 6.07 Å². The maximum Gasteiger partial charge on any atom is 0.245 e. The van der Waals surface area contributed by atoms with E-state index in [9.17, 15) is 4.79 Å². The zero-order chi connectivity index (χ0) is 13.6. The summed E-state index contributed by atoms with van der Waals surface area (Å²) in [6.07, 6.45) is 3.29. The molecule has 3 rings (SSSR count). The summed E-state index contributed by atoms with van der Waals surface area (Å²) < 4.78 is 7.24. The Morgan fingerprint density at radius 1 is 1.53 bits per heavy atom. The van der Waals surface area contributed by atoms with Gasteiger partial charge in [0, 0.05) is 24.4 Å². The first-order chi connectivity index (χ1) is 9.04. The summed E-state index contributed by atoms with van der Waals surface area (Å²) in [6, 6.07) is 2.63. The van der Waals surface area contributed by atoms with Crippen molar-refractivity contribution in [1.29, 1.82) is 0 Å². The highest BCUT2D eigenvalue weighted by Gasteiger charge is 2.28. The van der Waals surface area contributed by atoms with E-state index >= 15 is 0 Å². The molecule has 7 heteroatoms. The number of carbonyl (C=O) groups is 1. The van der Waals surface area contributed by atoms with Crippen LogP contribution in [0.2, 0.25) is 5.02 Å². The van der Waals surface area contributed by atoms with Crippen molar-refractivity contribution in [3.05, 3.63) is 35.1 Å². The number of nitrogens with one attached hydrogen (secondary N) is 1. The number of anilines is 1. The van der Waals surface area contributed by atoms with Gasteiger partial charge in [-0.25, -0.2) is 0 Å². The molecule has 0 aliphatic carbocycles. The minimum Gasteiger partial charge on any atom is -0.452 e. The van der Waals surface area contributed by atoms with Gasteiger partial charge in [0.1, 0.15) is 11.8 Å². The second-order valence-electron chi connectivity index (χ2n) is 4.29. The van der Waals surface area contributed by atoms with Gasteiger partial charge < -0.3 is 15.8 Å². The third kappa shape index (κ3) is 2.05. The van der Waals surface area contributed by atoms with E-state index in [-0.39, 0.29) is 5.91 Å². The summed E-state index contributed by atoms with van der Waals surface area (Å²) >= 11 is 6.13. The van der Waals surface area contributed by atoms with Gasteiger partial charge in [-0.3, -0.25) is 9.48 Å². The number of amides is 1. The fourth-order valence-electron chi connectivity index (χ4n) is 1.94. The molecule has 0 radical (unpaired) electrons. The highest BCUT2D eigenvalue weighted by atomic mass is 35.5. The van der Waals surface area contributed by atoms with Gasteiger partial charge in [0.2, 0.25) is 5.91 Å². The first kappa shape index (κ1) is 12.0. The Kier molecular flexibility index (Phi) is 2.69. The molecule has 0 saturated carbocycles. The van der Waals surface area contributed by atoms with Gasteiger partial charge in [-0.1, -0.05) is 11.6 Å². The highest BCUT2D eigenvalue weighted by Crippen LogP contribution is 2.39. The lowest BCUT2D eigenvalue weighted by atomic mass is 10.1. The lowest BCUT2D eigenvalue weighted by Gasteiger charge is -2.08. The van der Waals surface area contributed by atoms with Crippen LogP contribution < -0.4 is 15.8 Å². The molecule has 0 fully saturated rings. The summed E-state index contributed by atoms with van der Waals surface area (Å²) in [5, 5.41) is 7.08. The van der Waals surface area contributed by atoms with Crippen molar-refractivity contribution in [2.75, 3.05) is 5.32 Å². The molecule has 1 aliphatic rings. The van der Waals surface area contributed by atoms with Crippen LogP contribution in [0.3, 0.4) is 0 Å². The molecule has 1 aliphatic heterocycles. The molecule has 19 heavy (non-hydrogen) atoms. The van der Waals surface area contributed by atoms with Crippen LogP contribution in [0.25, 0.3) is 0 Å². The second kappa shape index (κ2) is 4.25. The summed E-state index contributed by atoms with van der Waals surface area (Å²) in [6.45, 7) is 0. The van der Waals surface area contributed by atoms with E-state index < -0.39 is 6.04 Å². The van der Waals surface area contributed by atoms with E-state index in [0.717, 1.165) is 0 Å². The summed E-state index contributed by atoms with van der Waals surface area (Å²) in [5.41, 5.74) is 7.04. The molecule has 6 nitrogen and oxygen atoms in total. The molecule has 1 aromatic carbocycles. The summed E-state index contributed by atoms with van der Waals surface area (Å²) in [4.78, 5) is 11.5. The number of hydrogen-bond donors (Lipinski definition) is 2. The number of benzene rings is 1. The van der Waals surface area contributed by atoms with Crippen molar-refractivity contribution in [2.24, 2.45) is 12.8 Å². The molecule has 98 valence electrons. The number of aryl methyl sites for hydroxylation is 1. The fraction of sp³-hybridized carbons (Fsp3) is 0.167. The molecule has 3 N–H and O–H groups in total. The lowest BCUT2D eigenvalue weighted by molar-refractivity contribution is -0.116. The van der Waals surface area contributed by atoms with Crippen LogP contribution >= 0.6 is 11.6 Å². The Balaban J connectivity index is 1.96. The van der Waals surface area contributed by atoms with Crippen LogP contribution in [0.1, 0.15) is 11.6 Å². The van der Waals surface area contributed by atoms with Gasteiger partial charge in [-0.15, -0.1) is 0 Å². The van der Waals surface area contributed by atoms with Crippen LogP contribution in [0, 0.1) is 0 Å². The first-order valence-corrected chi connectivity index (χ1v) is 5.99. The Morgan fingerprint density at radius 2 is 2.32 bits per heavy atom. The number of aromatic nitrogens is 2. The molecule has 0 bridgehead atoms. The van der Waals surface area contributed by atoms with Crippen LogP contribution in [0.5, 0.6) is 11.5 Å². The number of carbonyl (C=O) groups excluding carboxylic acids is 1. The third-order valence-electron chi connectivity index (χ3n) is 2.89. The highest BCUT2D eigenvalue weighted by molar-refractivity contribution is 6.32. The number of ether oxygens (including phenoxy) is 1. The van der Waals surface area contributed by atoms with Crippen molar-refractivity contribution >= 4 is 23.2 Å². The van der Waals surface area contributed by atoms with Crippen LogP contribution in [0.15, 0.2) is 24.5 Å². The van der Waals surface area contributed by atoms with E-state index in [1.807, 2.05) is 0 Å². The average molecular weight is 279 g/mol. The molecule has 2 heterocycles. The van der Waals surface area contributed by atoms with Gasteiger partial charge >= 0.3 is 0 Å². The van der Waals surface area contributed by atoms with Crippen molar-refractivity contribution in [3.8, 4) is 11.5 Å². The van der Waals surface area contributed by atoms with Gasteiger partial charge in [0.15, 0.2) is 5.75 Å². The Morgan fingerprint density at radius 3 is 3.00 bits per heavy atom. The molecule has 2 aromatic rings. The molecule has 0 spiro atoms. The van der Waals surface area contributed by atoms with Crippen molar-refractivity contribution in [1.82, 2.24) is 9.78 Å². The second-order valence-corrected chi connectivity index (χ2v) is 4.70. The molecule has 1 amide bonds. The van der Waals surface area contributed by atoms with E-state index in [1.165, 1.54) is 0 Å². The van der Waals surface area contributed by atoms with Gasteiger partial charge in [-0.2, -0.15) is 5.10 Å². The summed E-state index contributed by atoms with van der Waals surface area (Å²) in [7, 11) is 1.79. The molecule has 1 unspecified atom stereocenters. The quantitative estimate of drug-likeness (QED) is 0.878. The molecule has 1 aromatic heterocycles. The molecule has 1 atom stereocenters. The SMILES string of the molecule is Cn1cc(Oc2cc3c(cc2Cl)C(N)C(=O)N3)cn1. The smallest absolute Gasteiger partial charge is 0.245 e. The summed E-state index contributed by atoms with van der Waals surface area (Å²) in [5.74, 6) is 0.769. The minimum atomic E-state index is -0.681. The number of hydrogen-bond acceptors (Lipinski definition) is 4. The van der Waals surface area contributed by atoms with Gasteiger partial charge in [0.25, 0.3) is 0 Å². The standard InChI is InChI=1S/C12H11ClN4O2/c1-17-5-6(4-15-17)19-10-3-9-7(2-8(10)13)11(14)12(18)16-9/h2-5,11H,14H2,1H3,(H,16,18). The number of nitrogens with zero attached hydrogens (tertiary/aromatic N) is 2. The van der Waals surface area contributed by atoms with E-state index in [0.29, 0.717) is 27.8 Å². The molecular formula is C12H11ClN4O2. The van der Waals surface area contributed by atoms with E-state index in [2.05, 4.69) is 10.4 Å². The average Bonchev–Trinajstić information content (AvgIpc) is 2.87. The number of rotatable bonds is 2. The zero-order valence-corrected chi connectivity index (χ0v) is 10.8. The Labute approximate surface area is 114 Å². The Bertz CT molecular complexity index is 668. The third-order valence-corrected chi connectivity index (χ3v) is 3.18. The maximum absolute atomic E-state index is 11.5. The van der Waals surface area contributed by atoms with E-state index in [4.69, 9.17) is 22.1 Å². The van der Waals surface area contributed by atoms with Crippen molar-refractivity contribution in [3.63, 3.8) is 0 Å². The predicted octanol–water partition coefficient (Wildman–Crippen LogP) is 1.82. The van der Waals surface area contributed by atoms with Crippen LogP contribution in [-0.2, 0) is 11.8 Å². The zero-order valence-electron chi connectivity index (χ0n) is 10.1. The number of nitrogens with two attached hydrogens (primary N) is 1. The fourth-order valence-corrected chi connectivity index (χ4v) is 2.15. The largest absolute Gasteiger partial charge is 0.452 e. The normalized spacial score (nSPS) is 17.2. The number of fused-ring (bicyclic) bond motifs is 1. The molecular weight excluding hydrogens is 268 g/mol. The minimum absolute atomic E-state index is 0.246. The molecule has 0 saturated heterocycles.